The van der Waals surface area contributed by atoms with Crippen LogP contribution in [0.15, 0.2) is 60.7 Å². The molecule has 0 radical (unpaired) electrons. The Bertz CT molecular complexity index is 1550. The SMILES string of the molecule is C=CCc1cccc(C2C3=CCC4C(=O)N(C)C(=O)C4C3CC3C(=O)N(c4ccc(F)c(Cl)c4)C(=O)C32C)c1O. The fraction of sp³-hybridized carbons (Fsp3) is 0.355. The number of para-hydroxylation sites is 1. The summed E-state index contributed by atoms with van der Waals surface area (Å²) < 4.78 is 14.0. The van der Waals surface area contributed by atoms with Gasteiger partial charge in [0.25, 0.3) is 0 Å². The first-order valence-electron chi connectivity index (χ1n) is 13.3. The summed E-state index contributed by atoms with van der Waals surface area (Å²) in [6.07, 6.45) is 4.51. The first-order valence-corrected chi connectivity index (χ1v) is 13.7. The summed E-state index contributed by atoms with van der Waals surface area (Å²) in [5.74, 6) is -5.44. The van der Waals surface area contributed by atoms with Crippen LogP contribution in [0.5, 0.6) is 5.75 Å². The van der Waals surface area contributed by atoms with Crippen LogP contribution in [-0.2, 0) is 25.6 Å². The van der Waals surface area contributed by atoms with Crippen molar-refractivity contribution in [1.82, 2.24) is 4.90 Å². The number of carbonyl (C=O) groups excluding carboxylic acids is 4. The van der Waals surface area contributed by atoms with Gasteiger partial charge in [-0.25, -0.2) is 9.29 Å². The average Bonchev–Trinajstić information content (AvgIpc) is 3.27. The van der Waals surface area contributed by atoms with Crippen molar-refractivity contribution < 1.29 is 28.7 Å². The lowest BCUT2D eigenvalue weighted by atomic mass is 9.51. The lowest BCUT2D eigenvalue weighted by molar-refractivity contribution is -0.138. The maximum absolute atomic E-state index is 14.4. The maximum atomic E-state index is 14.4. The fourth-order valence-electron chi connectivity index (χ4n) is 7.55. The molecule has 6 unspecified atom stereocenters. The normalized spacial score (nSPS) is 31.2. The van der Waals surface area contributed by atoms with E-state index in [1.165, 1.54) is 19.2 Å². The summed E-state index contributed by atoms with van der Waals surface area (Å²) in [6.45, 7) is 5.50. The standard InChI is InChI=1S/C31H28ClFN2O5/c1-4-6-15-7-5-8-19(26(15)36)25-17-10-11-18-24(29(39)34(3)27(18)37)20(17)14-21-28(38)35(30(40)31(21,25)2)16-9-12-23(33)22(32)13-16/h4-5,7-10,12-13,18,20-21,24-25,36H,1,6,11,14H2,2-3H3. The van der Waals surface area contributed by atoms with Gasteiger partial charge >= 0.3 is 0 Å². The molecule has 206 valence electrons. The van der Waals surface area contributed by atoms with Crippen molar-refractivity contribution in [2.45, 2.75) is 32.1 Å². The molecule has 2 aliphatic heterocycles. The Balaban J connectivity index is 1.56. The number of phenols is 1. The largest absolute Gasteiger partial charge is 0.507 e. The van der Waals surface area contributed by atoms with Gasteiger partial charge < -0.3 is 5.11 Å². The minimum absolute atomic E-state index is 0.00511. The molecule has 0 spiro atoms. The van der Waals surface area contributed by atoms with Gasteiger partial charge in [0.15, 0.2) is 0 Å². The number of anilines is 1. The molecule has 40 heavy (non-hydrogen) atoms. The number of aromatic hydroxyl groups is 1. The Kier molecular flexibility index (Phi) is 6.03. The molecule has 2 saturated heterocycles. The second-order valence-corrected chi connectivity index (χ2v) is 11.8. The van der Waals surface area contributed by atoms with E-state index in [1.54, 1.807) is 31.2 Å². The summed E-state index contributed by atoms with van der Waals surface area (Å²) in [7, 11) is 1.47. The molecule has 2 aliphatic carbocycles. The van der Waals surface area contributed by atoms with Crippen LogP contribution in [0.3, 0.4) is 0 Å². The highest BCUT2D eigenvalue weighted by Gasteiger charge is 2.67. The molecule has 0 bridgehead atoms. The van der Waals surface area contributed by atoms with E-state index in [4.69, 9.17) is 11.6 Å². The number of carbonyl (C=O) groups is 4. The molecule has 2 heterocycles. The first kappa shape index (κ1) is 26.4. The van der Waals surface area contributed by atoms with Gasteiger partial charge in [0.2, 0.25) is 23.6 Å². The number of rotatable bonds is 4. The van der Waals surface area contributed by atoms with Crippen LogP contribution in [0.2, 0.25) is 5.02 Å². The molecule has 4 aliphatic rings. The third-order valence-electron chi connectivity index (χ3n) is 9.48. The van der Waals surface area contributed by atoms with Crippen LogP contribution in [-0.4, -0.2) is 40.7 Å². The molecule has 3 fully saturated rings. The van der Waals surface area contributed by atoms with E-state index < -0.39 is 52.6 Å². The zero-order chi connectivity index (χ0) is 28.7. The average molecular weight is 563 g/mol. The van der Waals surface area contributed by atoms with Crippen LogP contribution in [0.25, 0.3) is 0 Å². The lowest BCUT2D eigenvalue weighted by Gasteiger charge is -2.49. The van der Waals surface area contributed by atoms with E-state index in [2.05, 4.69) is 6.58 Å². The lowest BCUT2D eigenvalue weighted by Crippen LogP contribution is -2.48. The molecular formula is C31H28ClFN2O5. The van der Waals surface area contributed by atoms with E-state index in [-0.39, 0.29) is 34.7 Å². The number of amides is 4. The van der Waals surface area contributed by atoms with Gasteiger partial charge in [0, 0.05) is 18.5 Å². The second-order valence-electron chi connectivity index (χ2n) is 11.3. The molecular weight excluding hydrogens is 535 g/mol. The van der Waals surface area contributed by atoms with E-state index in [0.29, 0.717) is 24.0 Å². The Morgan fingerprint density at radius 3 is 2.58 bits per heavy atom. The molecule has 1 N–H and O–H groups in total. The monoisotopic (exact) mass is 562 g/mol. The molecule has 6 rings (SSSR count). The van der Waals surface area contributed by atoms with Crippen molar-refractivity contribution in [3.05, 3.63) is 82.7 Å². The number of phenolic OH excluding ortho intramolecular Hbond substituents is 1. The highest BCUT2D eigenvalue weighted by atomic mass is 35.5. The van der Waals surface area contributed by atoms with Crippen molar-refractivity contribution in [2.75, 3.05) is 11.9 Å². The summed E-state index contributed by atoms with van der Waals surface area (Å²) in [5.41, 5.74) is 0.709. The molecule has 4 amide bonds. The zero-order valence-electron chi connectivity index (χ0n) is 22.1. The fourth-order valence-corrected chi connectivity index (χ4v) is 7.73. The smallest absolute Gasteiger partial charge is 0.241 e. The molecule has 1 saturated carbocycles. The van der Waals surface area contributed by atoms with Crippen molar-refractivity contribution in [3.8, 4) is 5.75 Å². The number of nitrogens with zero attached hydrogens (tertiary/aromatic N) is 2. The number of hydrogen-bond acceptors (Lipinski definition) is 5. The van der Waals surface area contributed by atoms with Gasteiger partial charge in [0.1, 0.15) is 11.6 Å². The highest BCUT2D eigenvalue weighted by Crippen LogP contribution is 2.64. The van der Waals surface area contributed by atoms with E-state index in [1.807, 2.05) is 6.08 Å². The second kappa shape index (κ2) is 9.13. The Morgan fingerprint density at radius 2 is 1.88 bits per heavy atom. The van der Waals surface area contributed by atoms with Crippen molar-refractivity contribution >= 4 is 40.9 Å². The van der Waals surface area contributed by atoms with Crippen LogP contribution in [0, 0.1) is 34.9 Å². The summed E-state index contributed by atoms with van der Waals surface area (Å²) in [5, 5.41) is 11.2. The zero-order valence-corrected chi connectivity index (χ0v) is 22.8. The minimum atomic E-state index is -1.32. The molecule has 2 aromatic carbocycles. The van der Waals surface area contributed by atoms with Gasteiger partial charge in [-0.05, 0) is 55.9 Å². The number of halogens is 2. The Hall–Kier alpha value is -3.78. The van der Waals surface area contributed by atoms with Crippen molar-refractivity contribution in [3.63, 3.8) is 0 Å². The summed E-state index contributed by atoms with van der Waals surface area (Å²) in [4.78, 5) is 56.9. The minimum Gasteiger partial charge on any atom is -0.507 e. The summed E-state index contributed by atoms with van der Waals surface area (Å²) >= 11 is 6.02. The Labute approximate surface area is 235 Å². The van der Waals surface area contributed by atoms with Crippen LogP contribution in [0.4, 0.5) is 10.1 Å². The maximum Gasteiger partial charge on any atom is 0.241 e. The number of allylic oxidation sites excluding steroid dienone is 3. The van der Waals surface area contributed by atoms with Gasteiger partial charge in [-0.15, -0.1) is 6.58 Å². The quantitative estimate of drug-likeness (QED) is 0.428. The first-order chi connectivity index (χ1) is 19.0. The molecule has 2 aromatic rings. The van der Waals surface area contributed by atoms with Crippen molar-refractivity contribution in [1.29, 1.82) is 0 Å². The molecule has 0 aromatic heterocycles. The van der Waals surface area contributed by atoms with Gasteiger partial charge in [0.05, 0.1) is 33.9 Å². The van der Waals surface area contributed by atoms with E-state index in [9.17, 15) is 28.7 Å². The number of imide groups is 2. The van der Waals surface area contributed by atoms with E-state index >= 15 is 0 Å². The number of likely N-dealkylation sites (tertiary alicyclic amines) is 1. The third kappa shape index (κ3) is 3.41. The molecule has 6 atom stereocenters. The van der Waals surface area contributed by atoms with E-state index in [0.717, 1.165) is 21.4 Å². The Morgan fingerprint density at radius 1 is 1.12 bits per heavy atom. The number of benzene rings is 2. The predicted octanol–water partition coefficient (Wildman–Crippen LogP) is 4.77. The van der Waals surface area contributed by atoms with Gasteiger partial charge in [-0.1, -0.05) is 47.5 Å². The third-order valence-corrected chi connectivity index (χ3v) is 9.77. The highest BCUT2D eigenvalue weighted by molar-refractivity contribution is 6.31. The van der Waals surface area contributed by atoms with Crippen LogP contribution in [0.1, 0.15) is 36.8 Å². The topological polar surface area (TPSA) is 95.0 Å². The molecule has 9 heteroatoms. The number of hydrogen-bond donors (Lipinski definition) is 1. The number of fused-ring (bicyclic) bond motifs is 4. The predicted molar refractivity (Wildman–Crippen MR) is 146 cm³/mol. The van der Waals surface area contributed by atoms with Crippen molar-refractivity contribution in [2.24, 2.45) is 29.1 Å². The molecule has 7 nitrogen and oxygen atoms in total. The van der Waals surface area contributed by atoms with Gasteiger partial charge in [-0.2, -0.15) is 0 Å². The van der Waals surface area contributed by atoms with Gasteiger partial charge in [-0.3, -0.25) is 24.1 Å². The van der Waals surface area contributed by atoms with Crippen LogP contribution < -0.4 is 4.90 Å². The summed E-state index contributed by atoms with van der Waals surface area (Å²) in [6, 6.07) is 9.00. The van der Waals surface area contributed by atoms with Crippen LogP contribution >= 0.6 is 11.6 Å².